The molecule has 0 bridgehead atoms. The van der Waals surface area contributed by atoms with Gasteiger partial charge in [0.05, 0.1) is 19.9 Å². The number of carbonyl (C=O) groups is 1. The number of aromatic amines is 1. The molecule has 0 spiro atoms. The maximum atomic E-state index is 11.6. The second-order valence-electron chi connectivity index (χ2n) is 7.84. The SMILES string of the molecule is COc1ccc(-c2[nH]c3ccc(-c4cccc(C(N)=O)c4)cc3c2C(C)C)cc1OC. The number of ether oxygens (including phenoxy) is 2. The van der Waals surface area contributed by atoms with E-state index in [4.69, 9.17) is 15.2 Å². The molecule has 4 aromatic rings. The molecule has 3 aromatic carbocycles. The van der Waals surface area contributed by atoms with E-state index in [1.54, 1.807) is 20.3 Å². The van der Waals surface area contributed by atoms with Gasteiger partial charge in [0.2, 0.25) is 5.91 Å². The number of hydrogen-bond acceptors (Lipinski definition) is 3. The summed E-state index contributed by atoms with van der Waals surface area (Å²) in [6, 6.07) is 19.7. The van der Waals surface area contributed by atoms with Gasteiger partial charge in [-0.05, 0) is 65.1 Å². The van der Waals surface area contributed by atoms with Crippen LogP contribution in [-0.2, 0) is 0 Å². The molecule has 1 amide bonds. The molecule has 4 rings (SSSR count). The fraction of sp³-hybridized carbons (Fsp3) is 0.192. The van der Waals surface area contributed by atoms with Crippen molar-refractivity contribution in [3.05, 3.63) is 71.8 Å². The van der Waals surface area contributed by atoms with Crippen LogP contribution < -0.4 is 15.2 Å². The minimum absolute atomic E-state index is 0.295. The number of fused-ring (bicyclic) bond motifs is 1. The first kappa shape index (κ1) is 20.5. The van der Waals surface area contributed by atoms with E-state index in [1.807, 2.05) is 36.4 Å². The second kappa shape index (κ2) is 8.19. The minimum Gasteiger partial charge on any atom is -0.493 e. The van der Waals surface area contributed by atoms with Gasteiger partial charge in [-0.3, -0.25) is 4.79 Å². The molecule has 0 aliphatic rings. The Morgan fingerprint density at radius 1 is 0.871 bits per heavy atom. The molecule has 158 valence electrons. The lowest BCUT2D eigenvalue weighted by molar-refractivity contribution is 0.100. The summed E-state index contributed by atoms with van der Waals surface area (Å²) < 4.78 is 10.9. The average Bonchev–Trinajstić information content (AvgIpc) is 3.17. The van der Waals surface area contributed by atoms with Gasteiger partial charge in [0, 0.05) is 22.0 Å². The van der Waals surface area contributed by atoms with E-state index in [-0.39, 0.29) is 0 Å². The van der Waals surface area contributed by atoms with E-state index >= 15 is 0 Å². The van der Waals surface area contributed by atoms with Crippen molar-refractivity contribution in [2.45, 2.75) is 19.8 Å². The number of amides is 1. The van der Waals surface area contributed by atoms with Gasteiger partial charge < -0.3 is 20.2 Å². The summed E-state index contributed by atoms with van der Waals surface area (Å²) >= 11 is 0. The Balaban J connectivity index is 1.89. The predicted octanol–water partition coefficient (Wildman–Crippen LogP) is 5.74. The first-order valence-corrected chi connectivity index (χ1v) is 10.2. The highest BCUT2D eigenvalue weighted by molar-refractivity contribution is 5.96. The lowest BCUT2D eigenvalue weighted by Gasteiger charge is -2.12. The number of benzene rings is 3. The van der Waals surface area contributed by atoms with Gasteiger partial charge in [0.1, 0.15) is 0 Å². The van der Waals surface area contributed by atoms with E-state index in [0.717, 1.165) is 33.3 Å². The van der Waals surface area contributed by atoms with Crippen molar-refractivity contribution in [3.8, 4) is 33.9 Å². The van der Waals surface area contributed by atoms with Crippen LogP contribution in [0.1, 0.15) is 35.7 Å². The fourth-order valence-corrected chi connectivity index (χ4v) is 4.06. The standard InChI is InChI=1S/C26H26N2O3/c1-15(2)24-20-13-17(16-6-5-7-19(12-16)26(27)29)8-10-21(20)28-25(24)18-9-11-22(30-3)23(14-18)31-4/h5-15,28H,1-4H3,(H2,27,29). The highest BCUT2D eigenvalue weighted by Crippen LogP contribution is 2.40. The van der Waals surface area contributed by atoms with Crippen molar-refractivity contribution in [1.29, 1.82) is 0 Å². The number of H-pyrrole nitrogens is 1. The Kier molecular flexibility index (Phi) is 5.42. The molecular formula is C26H26N2O3. The molecule has 0 aliphatic heterocycles. The minimum atomic E-state index is -0.428. The Morgan fingerprint density at radius 2 is 1.58 bits per heavy atom. The van der Waals surface area contributed by atoms with Crippen LogP contribution in [0.2, 0.25) is 0 Å². The van der Waals surface area contributed by atoms with Crippen molar-refractivity contribution in [2.75, 3.05) is 14.2 Å². The second-order valence-corrected chi connectivity index (χ2v) is 7.84. The molecule has 5 heteroatoms. The first-order valence-electron chi connectivity index (χ1n) is 10.2. The number of methoxy groups -OCH3 is 2. The average molecular weight is 415 g/mol. The number of nitrogens with two attached hydrogens (primary N) is 1. The van der Waals surface area contributed by atoms with Crippen LogP contribution in [0.5, 0.6) is 11.5 Å². The lowest BCUT2D eigenvalue weighted by atomic mass is 9.94. The summed E-state index contributed by atoms with van der Waals surface area (Å²) in [6.07, 6.45) is 0. The Labute approximate surface area is 181 Å². The van der Waals surface area contributed by atoms with E-state index in [2.05, 4.69) is 37.0 Å². The summed E-state index contributed by atoms with van der Waals surface area (Å²) in [5.41, 5.74) is 12.4. The largest absolute Gasteiger partial charge is 0.493 e. The first-order chi connectivity index (χ1) is 14.9. The molecule has 5 nitrogen and oxygen atoms in total. The third-order valence-corrected chi connectivity index (χ3v) is 5.57. The fourth-order valence-electron chi connectivity index (χ4n) is 4.06. The number of carbonyl (C=O) groups excluding carboxylic acids is 1. The molecular weight excluding hydrogens is 388 g/mol. The zero-order valence-electron chi connectivity index (χ0n) is 18.2. The monoisotopic (exact) mass is 414 g/mol. The number of rotatable bonds is 6. The van der Waals surface area contributed by atoms with Crippen molar-refractivity contribution in [2.24, 2.45) is 5.73 Å². The van der Waals surface area contributed by atoms with E-state index in [0.29, 0.717) is 23.0 Å². The third-order valence-electron chi connectivity index (χ3n) is 5.57. The van der Waals surface area contributed by atoms with Crippen LogP contribution in [0.25, 0.3) is 33.3 Å². The van der Waals surface area contributed by atoms with Gasteiger partial charge in [0.15, 0.2) is 11.5 Å². The van der Waals surface area contributed by atoms with Gasteiger partial charge in [-0.1, -0.05) is 32.0 Å². The van der Waals surface area contributed by atoms with Gasteiger partial charge in [-0.25, -0.2) is 0 Å². The molecule has 3 N–H and O–H groups in total. The van der Waals surface area contributed by atoms with Gasteiger partial charge >= 0.3 is 0 Å². The molecule has 0 fully saturated rings. The number of hydrogen-bond donors (Lipinski definition) is 2. The summed E-state index contributed by atoms with van der Waals surface area (Å²) in [7, 11) is 3.28. The molecule has 0 unspecified atom stereocenters. The molecule has 0 radical (unpaired) electrons. The molecule has 31 heavy (non-hydrogen) atoms. The van der Waals surface area contributed by atoms with Crippen molar-refractivity contribution >= 4 is 16.8 Å². The van der Waals surface area contributed by atoms with Crippen molar-refractivity contribution in [1.82, 2.24) is 4.98 Å². The van der Waals surface area contributed by atoms with E-state index < -0.39 is 5.91 Å². The van der Waals surface area contributed by atoms with Gasteiger partial charge in [-0.15, -0.1) is 0 Å². The number of aromatic nitrogens is 1. The quantitative estimate of drug-likeness (QED) is 0.422. The van der Waals surface area contributed by atoms with Crippen molar-refractivity contribution in [3.63, 3.8) is 0 Å². The lowest BCUT2D eigenvalue weighted by Crippen LogP contribution is -2.10. The van der Waals surface area contributed by atoms with Crippen LogP contribution >= 0.6 is 0 Å². The van der Waals surface area contributed by atoms with E-state index in [9.17, 15) is 4.79 Å². The summed E-state index contributed by atoms with van der Waals surface area (Å²) in [6.45, 7) is 4.38. The smallest absolute Gasteiger partial charge is 0.248 e. The molecule has 0 saturated carbocycles. The zero-order valence-corrected chi connectivity index (χ0v) is 18.2. The Morgan fingerprint density at radius 3 is 2.26 bits per heavy atom. The number of primary amides is 1. The van der Waals surface area contributed by atoms with Crippen LogP contribution in [0.4, 0.5) is 0 Å². The Hall–Kier alpha value is -3.73. The predicted molar refractivity (Wildman–Crippen MR) is 125 cm³/mol. The molecule has 0 aliphatic carbocycles. The molecule has 0 atom stereocenters. The van der Waals surface area contributed by atoms with Crippen LogP contribution in [-0.4, -0.2) is 25.1 Å². The van der Waals surface area contributed by atoms with Crippen LogP contribution in [0.15, 0.2) is 60.7 Å². The summed E-state index contributed by atoms with van der Waals surface area (Å²) in [4.78, 5) is 15.2. The van der Waals surface area contributed by atoms with Crippen molar-refractivity contribution < 1.29 is 14.3 Å². The van der Waals surface area contributed by atoms with Crippen LogP contribution in [0.3, 0.4) is 0 Å². The maximum absolute atomic E-state index is 11.6. The zero-order chi connectivity index (χ0) is 22.1. The third kappa shape index (κ3) is 3.75. The number of nitrogens with one attached hydrogen (secondary N) is 1. The molecule has 1 heterocycles. The van der Waals surface area contributed by atoms with E-state index in [1.165, 1.54) is 5.56 Å². The van der Waals surface area contributed by atoms with Gasteiger partial charge in [0.25, 0.3) is 0 Å². The topological polar surface area (TPSA) is 77.3 Å². The normalized spacial score (nSPS) is 11.1. The van der Waals surface area contributed by atoms with Gasteiger partial charge in [-0.2, -0.15) is 0 Å². The maximum Gasteiger partial charge on any atom is 0.248 e. The molecule has 1 aromatic heterocycles. The summed E-state index contributed by atoms with van der Waals surface area (Å²) in [5.74, 6) is 1.26. The summed E-state index contributed by atoms with van der Waals surface area (Å²) in [5, 5.41) is 1.15. The highest BCUT2D eigenvalue weighted by atomic mass is 16.5. The molecule has 0 saturated heterocycles. The Bertz CT molecular complexity index is 1270. The van der Waals surface area contributed by atoms with Crippen LogP contribution in [0, 0.1) is 0 Å². The highest BCUT2D eigenvalue weighted by Gasteiger charge is 2.18.